The summed E-state index contributed by atoms with van der Waals surface area (Å²) in [6, 6.07) is 8.24. The standard InChI is InChI=1S/C16H18BrN5S/c1-10-4-6-13(7-5-10)18-16-20-19-14(23-16)8-9-22-12(3)15(17)11(2)21-22/h4-7H,8-9H2,1-3H3,(H,18,20). The summed E-state index contributed by atoms with van der Waals surface area (Å²) in [4.78, 5) is 0. The summed E-state index contributed by atoms with van der Waals surface area (Å²) in [5.74, 6) is 0. The van der Waals surface area contributed by atoms with Crippen LogP contribution < -0.4 is 5.32 Å². The van der Waals surface area contributed by atoms with Gasteiger partial charge in [0.05, 0.1) is 10.2 Å². The molecule has 23 heavy (non-hydrogen) atoms. The molecule has 120 valence electrons. The maximum absolute atomic E-state index is 4.52. The molecule has 5 nitrogen and oxygen atoms in total. The fourth-order valence-corrected chi connectivity index (χ4v) is 3.29. The predicted octanol–water partition coefficient (Wildman–Crippen LogP) is 4.41. The van der Waals surface area contributed by atoms with Crippen LogP contribution in [-0.2, 0) is 13.0 Å². The zero-order valence-corrected chi connectivity index (χ0v) is 15.7. The first-order valence-corrected chi connectivity index (χ1v) is 8.99. The molecule has 2 aromatic heterocycles. The van der Waals surface area contributed by atoms with Crippen molar-refractivity contribution in [1.82, 2.24) is 20.0 Å². The van der Waals surface area contributed by atoms with E-state index in [0.717, 1.165) is 44.7 Å². The summed E-state index contributed by atoms with van der Waals surface area (Å²) >= 11 is 5.14. The van der Waals surface area contributed by atoms with E-state index in [2.05, 4.69) is 62.5 Å². The van der Waals surface area contributed by atoms with E-state index in [1.807, 2.05) is 23.7 Å². The van der Waals surface area contributed by atoms with Crippen LogP contribution in [0.15, 0.2) is 28.7 Å². The number of benzene rings is 1. The van der Waals surface area contributed by atoms with Crippen LogP contribution in [0.5, 0.6) is 0 Å². The zero-order chi connectivity index (χ0) is 16.4. The molecule has 0 radical (unpaired) electrons. The van der Waals surface area contributed by atoms with Gasteiger partial charge in [0.1, 0.15) is 5.01 Å². The third kappa shape index (κ3) is 3.79. The van der Waals surface area contributed by atoms with Crippen molar-refractivity contribution >= 4 is 38.1 Å². The molecule has 1 N–H and O–H groups in total. The van der Waals surface area contributed by atoms with Crippen molar-refractivity contribution < 1.29 is 0 Å². The number of halogens is 1. The predicted molar refractivity (Wildman–Crippen MR) is 97.5 cm³/mol. The Balaban J connectivity index is 1.63. The molecule has 7 heteroatoms. The van der Waals surface area contributed by atoms with E-state index >= 15 is 0 Å². The Morgan fingerprint density at radius 2 is 1.87 bits per heavy atom. The summed E-state index contributed by atoms with van der Waals surface area (Å²) < 4.78 is 3.09. The Kier molecular flexibility index (Phi) is 4.77. The summed E-state index contributed by atoms with van der Waals surface area (Å²) in [5, 5.41) is 18.1. The molecule has 0 fully saturated rings. The fourth-order valence-electron chi connectivity index (χ4n) is 2.26. The van der Waals surface area contributed by atoms with Crippen molar-refractivity contribution in [3.63, 3.8) is 0 Å². The van der Waals surface area contributed by atoms with E-state index in [-0.39, 0.29) is 0 Å². The number of aryl methyl sites for hydroxylation is 4. The van der Waals surface area contributed by atoms with Crippen molar-refractivity contribution in [3.05, 3.63) is 50.7 Å². The molecule has 0 aliphatic heterocycles. The van der Waals surface area contributed by atoms with Crippen LogP contribution in [0.25, 0.3) is 0 Å². The lowest BCUT2D eigenvalue weighted by atomic mass is 10.2. The molecule has 0 saturated carbocycles. The summed E-state index contributed by atoms with van der Waals surface area (Å²) in [6.07, 6.45) is 0.821. The Bertz CT molecular complexity index is 806. The van der Waals surface area contributed by atoms with Gasteiger partial charge in [-0.25, -0.2) is 0 Å². The minimum Gasteiger partial charge on any atom is -0.330 e. The van der Waals surface area contributed by atoms with Gasteiger partial charge in [-0.05, 0) is 48.8 Å². The number of hydrogen-bond acceptors (Lipinski definition) is 5. The lowest BCUT2D eigenvalue weighted by Gasteiger charge is -2.02. The van der Waals surface area contributed by atoms with E-state index < -0.39 is 0 Å². The molecule has 0 amide bonds. The van der Waals surface area contributed by atoms with E-state index in [0.29, 0.717) is 0 Å². The lowest BCUT2D eigenvalue weighted by Crippen LogP contribution is -2.05. The topological polar surface area (TPSA) is 55.6 Å². The molecule has 0 atom stereocenters. The maximum atomic E-state index is 4.52. The number of rotatable bonds is 5. The van der Waals surface area contributed by atoms with Gasteiger partial charge in [-0.3, -0.25) is 4.68 Å². The second kappa shape index (κ2) is 6.80. The van der Waals surface area contributed by atoms with Gasteiger partial charge in [-0.1, -0.05) is 29.0 Å². The SMILES string of the molecule is Cc1ccc(Nc2nnc(CCn3nc(C)c(Br)c3C)s2)cc1. The van der Waals surface area contributed by atoms with Gasteiger partial charge in [0.2, 0.25) is 5.13 Å². The van der Waals surface area contributed by atoms with Gasteiger partial charge in [0.25, 0.3) is 0 Å². The highest BCUT2D eigenvalue weighted by Gasteiger charge is 2.10. The van der Waals surface area contributed by atoms with Crippen LogP contribution in [0, 0.1) is 20.8 Å². The van der Waals surface area contributed by atoms with Gasteiger partial charge in [-0.2, -0.15) is 5.10 Å². The first-order valence-electron chi connectivity index (χ1n) is 7.38. The normalized spacial score (nSPS) is 11.0. The highest BCUT2D eigenvalue weighted by Crippen LogP contribution is 2.23. The maximum Gasteiger partial charge on any atom is 0.210 e. The van der Waals surface area contributed by atoms with Gasteiger partial charge >= 0.3 is 0 Å². The molecule has 2 heterocycles. The Labute approximate surface area is 147 Å². The van der Waals surface area contributed by atoms with Crippen molar-refractivity contribution in [1.29, 1.82) is 0 Å². The molecule has 0 bridgehead atoms. The van der Waals surface area contributed by atoms with Crippen molar-refractivity contribution in [2.24, 2.45) is 0 Å². The Morgan fingerprint density at radius 1 is 1.13 bits per heavy atom. The van der Waals surface area contributed by atoms with Crippen molar-refractivity contribution in [2.75, 3.05) is 5.32 Å². The Morgan fingerprint density at radius 3 is 2.52 bits per heavy atom. The Hall–Kier alpha value is -1.73. The second-order valence-electron chi connectivity index (χ2n) is 5.45. The number of nitrogens with zero attached hydrogens (tertiary/aromatic N) is 4. The second-order valence-corrected chi connectivity index (χ2v) is 7.30. The average molecular weight is 392 g/mol. The molecule has 3 aromatic rings. The molecule has 0 saturated heterocycles. The summed E-state index contributed by atoms with van der Waals surface area (Å²) in [6.45, 7) is 6.94. The van der Waals surface area contributed by atoms with Crippen molar-refractivity contribution in [2.45, 2.75) is 33.7 Å². The molecule has 0 aliphatic carbocycles. The van der Waals surface area contributed by atoms with Crippen LogP contribution in [0.3, 0.4) is 0 Å². The number of aromatic nitrogens is 4. The first kappa shape index (κ1) is 16.1. The quantitative estimate of drug-likeness (QED) is 0.699. The number of hydrogen-bond donors (Lipinski definition) is 1. The fraction of sp³-hybridized carbons (Fsp3) is 0.312. The zero-order valence-electron chi connectivity index (χ0n) is 13.3. The molecule has 1 aromatic carbocycles. The van der Waals surface area contributed by atoms with E-state index in [9.17, 15) is 0 Å². The van der Waals surface area contributed by atoms with E-state index in [1.54, 1.807) is 11.3 Å². The largest absolute Gasteiger partial charge is 0.330 e. The molecule has 3 rings (SSSR count). The lowest BCUT2D eigenvalue weighted by molar-refractivity contribution is 0.591. The van der Waals surface area contributed by atoms with E-state index in [1.165, 1.54) is 5.56 Å². The molecular formula is C16H18BrN5S. The third-order valence-corrected chi connectivity index (χ3v) is 5.65. The average Bonchev–Trinajstić information content (AvgIpc) is 3.08. The smallest absolute Gasteiger partial charge is 0.210 e. The third-order valence-electron chi connectivity index (χ3n) is 3.60. The monoisotopic (exact) mass is 391 g/mol. The minimum atomic E-state index is 0.803. The van der Waals surface area contributed by atoms with Gasteiger partial charge in [0.15, 0.2) is 0 Å². The first-order chi connectivity index (χ1) is 11.0. The molecule has 0 unspecified atom stereocenters. The highest BCUT2D eigenvalue weighted by molar-refractivity contribution is 9.10. The van der Waals surface area contributed by atoms with Gasteiger partial charge in [0, 0.05) is 24.3 Å². The van der Waals surface area contributed by atoms with E-state index in [4.69, 9.17) is 0 Å². The number of nitrogens with one attached hydrogen (secondary N) is 1. The molecule has 0 spiro atoms. The van der Waals surface area contributed by atoms with Gasteiger partial charge < -0.3 is 5.32 Å². The summed E-state index contributed by atoms with van der Waals surface area (Å²) in [5.41, 5.74) is 4.43. The highest BCUT2D eigenvalue weighted by atomic mass is 79.9. The van der Waals surface area contributed by atoms with Crippen LogP contribution in [0.1, 0.15) is 22.0 Å². The van der Waals surface area contributed by atoms with Gasteiger partial charge in [-0.15, -0.1) is 10.2 Å². The minimum absolute atomic E-state index is 0.803. The molecule has 0 aliphatic rings. The van der Waals surface area contributed by atoms with Crippen LogP contribution in [-0.4, -0.2) is 20.0 Å². The number of anilines is 2. The molecular weight excluding hydrogens is 374 g/mol. The van der Waals surface area contributed by atoms with Crippen LogP contribution >= 0.6 is 27.3 Å². The van der Waals surface area contributed by atoms with Crippen LogP contribution in [0.2, 0.25) is 0 Å². The van der Waals surface area contributed by atoms with Crippen LogP contribution in [0.4, 0.5) is 10.8 Å². The summed E-state index contributed by atoms with van der Waals surface area (Å²) in [7, 11) is 0. The van der Waals surface area contributed by atoms with Crippen molar-refractivity contribution in [3.8, 4) is 0 Å².